The standard InChI is InChI=1S/C17H20N4O2/c18-8-6-16(22)20-12-10-19(11-13-20)15-7-9-21(17(15)23)14-4-2-1-3-5-14/h1-5,15H,6-7,9-13H2. The van der Waals surface area contributed by atoms with Gasteiger partial charge in [-0.05, 0) is 18.6 Å². The molecule has 0 radical (unpaired) electrons. The fourth-order valence-electron chi connectivity index (χ4n) is 3.33. The lowest BCUT2D eigenvalue weighted by atomic mass is 10.1. The van der Waals surface area contributed by atoms with Crippen molar-refractivity contribution in [2.45, 2.75) is 18.9 Å². The van der Waals surface area contributed by atoms with E-state index in [9.17, 15) is 9.59 Å². The Morgan fingerprint density at radius 3 is 2.48 bits per heavy atom. The van der Waals surface area contributed by atoms with Gasteiger partial charge in [0.15, 0.2) is 0 Å². The van der Waals surface area contributed by atoms with E-state index in [1.54, 1.807) is 4.90 Å². The second-order valence-electron chi connectivity index (χ2n) is 5.88. The number of rotatable bonds is 3. The van der Waals surface area contributed by atoms with Gasteiger partial charge >= 0.3 is 0 Å². The van der Waals surface area contributed by atoms with Gasteiger partial charge in [0.25, 0.3) is 0 Å². The van der Waals surface area contributed by atoms with E-state index in [1.165, 1.54) is 0 Å². The topological polar surface area (TPSA) is 67.7 Å². The summed E-state index contributed by atoms with van der Waals surface area (Å²) in [6, 6.07) is 11.5. The molecular weight excluding hydrogens is 292 g/mol. The van der Waals surface area contributed by atoms with Crippen molar-refractivity contribution in [2.75, 3.05) is 37.6 Å². The van der Waals surface area contributed by atoms with Gasteiger partial charge in [-0.1, -0.05) is 18.2 Å². The van der Waals surface area contributed by atoms with Gasteiger partial charge in [-0.25, -0.2) is 0 Å². The third kappa shape index (κ3) is 3.20. The lowest BCUT2D eigenvalue weighted by Crippen LogP contribution is -2.53. The minimum absolute atomic E-state index is 0.0653. The molecule has 0 spiro atoms. The van der Waals surface area contributed by atoms with Crippen LogP contribution in [0.4, 0.5) is 5.69 Å². The van der Waals surface area contributed by atoms with Crippen molar-refractivity contribution in [3.05, 3.63) is 30.3 Å². The maximum absolute atomic E-state index is 12.7. The highest BCUT2D eigenvalue weighted by Gasteiger charge is 2.38. The molecule has 2 amide bonds. The van der Waals surface area contributed by atoms with Gasteiger partial charge in [0, 0.05) is 38.4 Å². The van der Waals surface area contributed by atoms with Crippen LogP contribution in [0.1, 0.15) is 12.8 Å². The first-order valence-corrected chi connectivity index (χ1v) is 7.96. The van der Waals surface area contributed by atoms with Crippen LogP contribution in [0.3, 0.4) is 0 Å². The van der Waals surface area contributed by atoms with Gasteiger partial charge < -0.3 is 9.80 Å². The number of benzene rings is 1. The zero-order valence-corrected chi connectivity index (χ0v) is 13.0. The van der Waals surface area contributed by atoms with E-state index >= 15 is 0 Å². The number of amides is 2. The highest BCUT2D eigenvalue weighted by Crippen LogP contribution is 2.24. The molecule has 1 atom stereocenters. The molecule has 120 valence electrons. The normalized spacial score (nSPS) is 22.2. The number of anilines is 1. The Bertz CT molecular complexity index is 617. The van der Waals surface area contributed by atoms with Crippen LogP contribution in [0.15, 0.2) is 30.3 Å². The maximum atomic E-state index is 12.7. The van der Waals surface area contributed by atoms with Crippen molar-refractivity contribution in [2.24, 2.45) is 0 Å². The molecule has 6 heteroatoms. The van der Waals surface area contributed by atoms with E-state index in [0.29, 0.717) is 26.2 Å². The molecule has 0 aliphatic carbocycles. The van der Waals surface area contributed by atoms with Crippen molar-refractivity contribution in [1.29, 1.82) is 5.26 Å². The van der Waals surface area contributed by atoms with Crippen LogP contribution in [-0.2, 0) is 9.59 Å². The summed E-state index contributed by atoms with van der Waals surface area (Å²) in [5.74, 6) is 0.0313. The van der Waals surface area contributed by atoms with Gasteiger partial charge in [0.2, 0.25) is 11.8 Å². The number of carbonyl (C=O) groups excluding carboxylic acids is 2. The van der Waals surface area contributed by atoms with Crippen LogP contribution in [0.25, 0.3) is 0 Å². The molecule has 1 aromatic carbocycles. The largest absolute Gasteiger partial charge is 0.339 e. The third-order valence-electron chi connectivity index (χ3n) is 4.58. The Hall–Kier alpha value is -2.39. The molecule has 1 unspecified atom stereocenters. The first kappa shape index (κ1) is 15.5. The second kappa shape index (κ2) is 6.80. The van der Waals surface area contributed by atoms with Crippen molar-refractivity contribution in [3.63, 3.8) is 0 Å². The smallest absolute Gasteiger partial charge is 0.244 e. The van der Waals surface area contributed by atoms with Crippen LogP contribution < -0.4 is 4.90 Å². The van der Waals surface area contributed by atoms with E-state index < -0.39 is 0 Å². The van der Waals surface area contributed by atoms with Crippen LogP contribution in [-0.4, -0.2) is 60.4 Å². The predicted octanol–water partition coefficient (Wildman–Crippen LogP) is 0.850. The molecule has 0 N–H and O–H groups in total. The molecule has 0 bridgehead atoms. The molecule has 6 nitrogen and oxygen atoms in total. The molecule has 23 heavy (non-hydrogen) atoms. The van der Waals surface area contributed by atoms with E-state index in [-0.39, 0.29) is 24.3 Å². The van der Waals surface area contributed by atoms with E-state index in [0.717, 1.165) is 18.7 Å². The monoisotopic (exact) mass is 312 g/mol. The number of para-hydroxylation sites is 1. The number of nitrogens with zero attached hydrogens (tertiary/aromatic N) is 4. The van der Waals surface area contributed by atoms with Gasteiger partial charge in [0.1, 0.15) is 6.42 Å². The molecule has 2 aliphatic heterocycles. The zero-order chi connectivity index (χ0) is 16.2. The van der Waals surface area contributed by atoms with Crippen LogP contribution >= 0.6 is 0 Å². The number of piperazine rings is 1. The van der Waals surface area contributed by atoms with Gasteiger partial charge in [0.05, 0.1) is 12.1 Å². The molecule has 1 aromatic rings. The Kier molecular flexibility index (Phi) is 4.58. The zero-order valence-electron chi connectivity index (χ0n) is 13.0. The maximum Gasteiger partial charge on any atom is 0.244 e. The van der Waals surface area contributed by atoms with Crippen molar-refractivity contribution >= 4 is 17.5 Å². The summed E-state index contributed by atoms with van der Waals surface area (Å²) in [7, 11) is 0. The minimum atomic E-state index is -0.115. The SMILES string of the molecule is N#CCC(=O)N1CCN(C2CCN(c3ccccc3)C2=O)CC1. The van der Waals surface area contributed by atoms with Gasteiger partial charge in [-0.3, -0.25) is 14.5 Å². The lowest BCUT2D eigenvalue weighted by molar-refractivity contribution is -0.132. The number of nitriles is 1. The number of carbonyl (C=O) groups is 2. The van der Waals surface area contributed by atoms with Crippen LogP contribution in [0.2, 0.25) is 0 Å². The molecule has 2 aliphatic rings. The molecular formula is C17H20N4O2. The first-order chi connectivity index (χ1) is 11.2. The van der Waals surface area contributed by atoms with Crippen molar-refractivity contribution < 1.29 is 9.59 Å². The molecule has 2 fully saturated rings. The highest BCUT2D eigenvalue weighted by molar-refractivity contribution is 5.99. The first-order valence-electron chi connectivity index (χ1n) is 7.96. The van der Waals surface area contributed by atoms with Crippen molar-refractivity contribution in [1.82, 2.24) is 9.80 Å². The van der Waals surface area contributed by atoms with Gasteiger partial charge in [-0.2, -0.15) is 5.26 Å². The highest BCUT2D eigenvalue weighted by atomic mass is 16.2. The quantitative estimate of drug-likeness (QED) is 0.830. The fraction of sp³-hybridized carbons (Fsp3) is 0.471. The summed E-state index contributed by atoms with van der Waals surface area (Å²) >= 11 is 0. The Morgan fingerprint density at radius 2 is 1.83 bits per heavy atom. The Balaban J connectivity index is 1.59. The number of hydrogen-bond acceptors (Lipinski definition) is 4. The third-order valence-corrected chi connectivity index (χ3v) is 4.58. The average Bonchev–Trinajstić information content (AvgIpc) is 2.97. The minimum Gasteiger partial charge on any atom is -0.339 e. The number of hydrogen-bond donors (Lipinski definition) is 0. The summed E-state index contributed by atoms with van der Waals surface area (Å²) < 4.78 is 0. The van der Waals surface area contributed by atoms with Crippen LogP contribution in [0.5, 0.6) is 0 Å². The Labute approximate surface area is 135 Å². The molecule has 0 aromatic heterocycles. The summed E-state index contributed by atoms with van der Waals surface area (Å²) in [4.78, 5) is 30.2. The van der Waals surface area contributed by atoms with E-state index in [1.807, 2.05) is 41.3 Å². The van der Waals surface area contributed by atoms with E-state index in [2.05, 4.69) is 4.90 Å². The van der Waals surface area contributed by atoms with Gasteiger partial charge in [-0.15, -0.1) is 0 Å². The predicted molar refractivity (Wildman–Crippen MR) is 85.6 cm³/mol. The van der Waals surface area contributed by atoms with E-state index in [4.69, 9.17) is 5.26 Å². The molecule has 3 rings (SSSR count). The summed E-state index contributed by atoms with van der Waals surface area (Å²) in [6.07, 6.45) is 0.754. The Morgan fingerprint density at radius 1 is 1.13 bits per heavy atom. The van der Waals surface area contributed by atoms with Crippen LogP contribution in [0, 0.1) is 11.3 Å². The summed E-state index contributed by atoms with van der Waals surface area (Å²) in [6.45, 7) is 3.30. The molecule has 2 saturated heterocycles. The summed E-state index contributed by atoms with van der Waals surface area (Å²) in [5.41, 5.74) is 0.947. The molecule has 0 saturated carbocycles. The average molecular weight is 312 g/mol. The second-order valence-corrected chi connectivity index (χ2v) is 5.88. The van der Waals surface area contributed by atoms with Crippen molar-refractivity contribution in [3.8, 4) is 6.07 Å². The lowest BCUT2D eigenvalue weighted by Gasteiger charge is -2.37. The fourth-order valence-corrected chi connectivity index (χ4v) is 3.33. The summed E-state index contributed by atoms with van der Waals surface area (Å²) in [5, 5.41) is 8.61. The molecule has 2 heterocycles.